The first-order valence-electron chi connectivity index (χ1n) is 9.17. The van der Waals surface area contributed by atoms with Gasteiger partial charge in [-0.05, 0) is 48.5 Å². The van der Waals surface area contributed by atoms with Gasteiger partial charge in [0.25, 0.3) is 0 Å². The molecule has 4 aromatic carbocycles. The molecular weight excluding hydrogens is 342 g/mol. The maximum Gasteiger partial charge on any atom is 0.187 e. The summed E-state index contributed by atoms with van der Waals surface area (Å²) in [4.78, 5) is 3.44. The van der Waals surface area contributed by atoms with Crippen LogP contribution < -0.4 is 5.32 Å². The van der Waals surface area contributed by atoms with Crippen molar-refractivity contribution in [2.45, 2.75) is 0 Å². The molecule has 0 aliphatic heterocycles. The molecule has 28 heavy (non-hydrogen) atoms. The molecule has 132 valence electrons. The molecule has 0 amide bonds. The highest BCUT2D eigenvalue weighted by Gasteiger charge is 2.12. The van der Waals surface area contributed by atoms with Crippen molar-refractivity contribution in [3.8, 4) is 5.69 Å². The minimum absolute atomic E-state index is 0.645. The summed E-state index contributed by atoms with van der Waals surface area (Å²) in [6.07, 6.45) is 0. The second-order valence-corrected chi connectivity index (χ2v) is 6.70. The van der Waals surface area contributed by atoms with Crippen LogP contribution in [0.3, 0.4) is 0 Å². The first-order chi connectivity index (χ1) is 13.8. The zero-order valence-electron chi connectivity index (χ0n) is 15.1. The number of hydrogen-bond acceptors (Lipinski definition) is 1. The van der Waals surface area contributed by atoms with Crippen molar-refractivity contribution in [1.29, 1.82) is 0 Å². The summed E-state index contributed by atoms with van der Waals surface area (Å²) in [5, 5.41) is 5.89. The van der Waals surface area contributed by atoms with Gasteiger partial charge in [0, 0.05) is 27.8 Å². The Morgan fingerprint density at radius 2 is 1.32 bits per heavy atom. The molecule has 5 aromatic rings. The van der Waals surface area contributed by atoms with E-state index in [-0.39, 0.29) is 0 Å². The third kappa shape index (κ3) is 2.69. The Labute approximate surface area is 163 Å². The summed E-state index contributed by atoms with van der Waals surface area (Å²) in [5.41, 5.74) is 6.18. The van der Waals surface area contributed by atoms with Crippen LogP contribution in [0.4, 0.5) is 17.1 Å². The molecule has 0 radical (unpaired) electrons. The Bertz CT molecular complexity index is 1320. The predicted molar refractivity (Wildman–Crippen MR) is 117 cm³/mol. The van der Waals surface area contributed by atoms with Crippen LogP contribution in [0.1, 0.15) is 0 Å². The average Bonchev–Trinajstić information content (AvgIpc) is 3.09. The first kappa shape index (κ1) is 16.2. The van der Waals surface area contributed by atoms with Crippen molar-refractivity contribution in [3.05, 3.63) is 108 Å². The molecular formula is C25H17N3. The molecule has 0 atom stereocenters. The monoisotopic (exact) mass is 359 g/mol. The van der Waals surface area contributed by atoms with Crippen LogP contribution in [0.25, 0.3) is 32.3 Å². The van der Waals surface area contributed by atoms with Crippen LogP contribution in [0.5, 0.6) is 0 Å². The van der Waals surface area contributed by atoms with E-state index >= 15 is 0 Å². The molecule has 0 saturated carbocycles. The highest BCUT2D eigenvalue weighted by molar-refractivity contribution is 6.10. The van der Waals surface area contributed by atoms with E-state index in [1.807, 2.05) is 30.3 Å². The lowest BCUT2D eigenvalue weighted by atomic mass is 10.1. The van der Waals surface area contributed by atoms with Crippen LogP contribution in [-0.2, 0) is 0 Å². The number of hydrogen-bond donors (Lipinski definition) is 1. The Balaban J connectivity index is 1.66. The number of anilines is 2. The quantitative estimate of drug-likeness (QED) is 0.342. The van der Waals surface area contributed by atoms with Gasteiger partial charge in [-0.25, -0.2) is 4.85 Å². The molecule has 5 rings (SSSR count). The minimum Gasteiger partial charge on any atom is -0.356 e. The summed E-state index contributed by atoms with van der Waals surface area (Å²) in [6.45, 7) is 7.08. The van der Waals surface area contributed by atoms with E-state index in [1.54, 1.807) is 0 Å². The number of benzene rings is 4. The summed E-state index contributed by atoms with van der Waals surface area (Å²) in [5.74, 6) is 0. The van der Waals surface area contributed by atoms with Gasteiger partial charge in [-0.1, -0.05) is 48.5 Å². The summed E-state index contributed by atoms with van der Waals surface area (Å²) < 4.78 is 2.30. The molecule has 3 heteroatoms. The lowest BCUT2D eigenvalue weighted by molar-refractivity contribution is 1.18. The molecule has 0 spiro atoms. The predicted octanol–water partition coefficient (Wildman–Crippen LogP) is 7.08. The van der Waals surface area contributed by atoms with Crippen molar-refractivity contribution in [2.75, 3.05) is 5.32 Å². The van der Waals surface area contributed by atoms with E-state index in [0.29, 0.717) is 5.69 Å². The number of fused-ring (bicyclic) bond motifs is 3. The Morgan fingerprint density at radius 1 is 0.643 bits per heavy atom. The van der Waals surface area contributed by atoms with Crippen molar-refractivity contribution in [1.82, 2.24) is 4.57 Å². The smallest absolute Gasteiger partial charge is 0.187 e. The van der Waals surface area contributed by atoms with Crippen LogP contribution in [-0.4, -0.2) is 4.57 Å². The van der Waals surface area contributed by atoms with E-state index in [2.05, 4.69) is 81.5 Å². The van der Waals surface area contributed by atoms with Gasteiger partial charge >= 0.3 is 0 Å². The molecule has 0 aliphatic carbocycles. The molecule has 1 N–H and O–H groups in total. The van der Waals surface area contributed by atoms with E-state index in [4.69, 9.17) is 6.57 Å². The fraction of sp³-hybridized carbons (Fsp3) is 0. The van der Waals surface area contributed by atoms with E-state index in [0.717, 1.165) is 17.1 Å². The normalized spacial score (nSPS) is 10.8. The van der Waals surface area contributed by atoms with Crippen LogP contribution in [0.2, 0.25) is 0 Å². The van der Waals surface area contributed by atoms with Crippen LogP contribution in [0, 0.1) is 6.57 Å². The topological polar surface area (TPSA) is 21.3 Å². The maximum absolute atomic E-state index is 7.08. The number of aromatic nitrogens is 1. The molecule has 0 saturated heterocycles. The van der Waals surface area contributed by atoms with E-state index < -0.39 is 0 Å². The number of nitrogens with zero attached hydrogens (tertiary/aromatic N) is 2. The van der Waals surface area contributed by atoms with Gasteiger partial charge in [0.05, 0.1) is 17.6 Å². The van der Waals surface area contributed by atoms with Crippen LogP contribution >= 0.6 is 0 Å². The zero-order valence-corrected chi connectivity index (χ0v) is 15.1. The second-order valence-electron chi connectivity index (χ2n) is 6.70. The Hall–Kier alpha value is -4.03. The minimum atomic E-state index is 0.645. The SMILES string of the molecule is [C-]#[N+]c1ccc(Nc2ccc3c(c2)c2ccccc2n3-c2ccccc2)cc1. The summed E-state index contributed by atoms with van der Waals surface area (Å²) in [7, 11) is 0. The highest BCUT2D eigenvalue weighted by Crippen LogP contribution is 2.34. The van der Waals surface area contributed by atoms with Crippen molar-refractivity contribution in [3.63, 3.8) is 0 Å². The standard InChI is InChI=1S/C25H17N3/c1-26-18-11-13-19(14-12-18)27-20-15-16-25-23(17-20)22-9-5-6-10-24(22)28(25)21-7-3-2-4-8-21/h2-17,27H. The molecule has 0 aliphatic rings. The molecule has 0 unspecified atom stereocenters. The fourth-order valence-electron chi connectivity index (χ4n) is 3.69. The molecule has 0 fully saturated rings. The number of para-hydroxylation sites is 2. The number of rotatable bonds is 3. The van der Waals surface area contributed by atoms with Gasteiger partial charge in [-0.2, -0.15) is 0 Å². The van der Waals surface area contributed by atoms with Gasteiger partial charge in [0.15, 0.2) is 5.69 Å². The zero-order chi connectivity index (χ0) is 18.9. The lowest BCUT2D eigenvalue weighted by Gasteiger charge is -2.09. The van der Waals surface area contributed by atoms with E-state index in [1.165, 1.54) is 21.8 Å². The Kier molecular flexibility index (Phi) is 3.81. The van der Waals surface area contributed by atoms with Crippen molar-refractivity contribution < 1.29 is 0 Å². The van der Waals surface area contributed by atoms with Gasteiger partial charge in [0.2, 0.25) is 0 Å². The lowest BCUT2D eigenvalue weighted by Crippen LogP contribution is -1.93. The molecule has 3 nitrogen and oxygen atoms in total. The molecule has 1 aromatic heterocycles. The summed E-state index contributed by atoms with van der Waals surface area (Å²) >= 11 is 0. The average molecular weight is 359 g/mol. The van der Waals surface area contributed by atoms with E-state index in [9.17, 15) is 0 Å². The number of nitrogens with one attached hydrogen (secondary N) is 1. The van der Waals surface area contributed by atoms with Gasteiger partial charge in [0.1, 0.15) is 0 Å². The van der Waals surface area contributed by atoms with Gasteiger partial charge in [-0.15, -0.1) is 0 Å². The third-order valence-corrected chi connectivity index (χ3v) is 4.97. The molecule has 0 bridgehead atoms. The van der Waals surface area contributed by atoms with Gasteiger partial charge in [-0.3, -0.25) is 0 Å². The highest BCUT2D eigenvalue weighted by atomic mass is 15.0. The largest absolute Gasteiger partial charge is 0.356 e. The van der Waals surface area contributed by atoms with Crippen molar-refractivity contribution in [2.24, 2.45) is 0 Å². The second kappa shape index (κ2) is 6.61. The first-order valence-corrected chi connectivity index (χ1v) is 9.17. The fourth-order valence-corrected chi connectivity index (χ4v) is 3.69. The molecule has 1 heterocycles. The third-order valence-electron chi connectivity index (χ3n) is 4.97. The Morgan fingerprint density at radius 3 is 2.11 bits per heavy atom. The van der Waals surface area contributed by atoms with Crippen LogP contribution in [0.15, 0.2) is 97.1 Å². The summed E-state index contributed by atoms with van der Waals surface area (Å²) in [6, 6.07) is 32.9. The van der Waals surface area contributed by atoms with Gasteiger partial charge < -0.3 is 9.88 Å². The van der Waals surface area contributed by atoms with Crippen molar-refractivity contribution >= 4 is 38.9 Å². The maximum atomic E-state index is 7.08.